The Hall–Kier alpha value is -2.48. The molecule has 0 aromatic heterocycles. The van der Waals surface area contributed by atoms with E-state index in [4.69, 9.17) is 0 Å². The summed E-state index contributed by atoms with van der Waals surface area (Å²) in [5.74, 6) is -1.29. The number of anilines is 1. The van der Waals surface area contributed by atoms with E-state index >= 15 is 0 Å². The third-order valence-electron chi connectivity index (χ3n) is 2.85. The zero-order valence-corrected chi connectivity index (χ0v) is 12.6. The number of hydrogen-bond acceptors (Lipinski definition) is 4. The monoisotopic (exact) mass is 338 g/mol. The lowest BCUT2D eigenvalue weighted by Crippen LogP contribution is -2.15. The van der Waals surface area contributed by atoms with Gasteiger partial charge in [-0.1, -0.05) is 12.1 Å². The highest BCUT2D eigenvalue weighted by Gasteiger charge is 2.09. The summed E-state index contributed by atoms with van der Waals surface area (Å²) in [6, 6.07) is 8.80. The van der Waals surface area contributed by atoms with Gasteiger partial charge in [-0.25, -0.2) is 8.78 Å². The highest BCUT2D eigenvalue weighted by atomic mass is 32.2. The van der Waals surface area contributed by atoms with Crippen LogP contribution in [0.2, 0.25) is 0 Å². The minimum absolute atomic E-state index is 0.00178. The molecule has 0 bridgehead atoms. The number of carbonyl (C=O) groups is 1. The highest BCUT2D eigenvalue weighted by molar-refractivity contribution is 7.99. The summed E-state index contributed by atoms with van der Waals surface area (Å²) >= 11 is 1.26. The maximum Gasteiger partial charge on any atom is 0.269 e. The molecule has 0 spiro atoms. The molecule has 0 unspecified atom stereocenters. The van der Waals surface area contributed by atoms with E-state index in [9.17, 15) is 23.7 Å². The molecule has 2 aromatic carbocycles. The van der Waals surface area contributed by atoms with Crippen LogP contribution in [0.4, 0.5) is 20.2 Å². The van der Waals surface area contributed by atoms with Gasteiger partial charge in [-0.05, 0) is 17.7 Å². The van der Waals surface area contributed by atoms with Crippen molar-refractivity contribution in [2.75, 3.05) is 11.1 Å². The lowest BCUT2D eigenvalue weighted by Gasteiger charge is -2.06. The first kappa shape index (κ1) is 16.9. The van der Waals surface area contributed by atoms with Crippen LogP contribution in [0.1, 0.15) is 5.56 Å². The Kier molecular flexibility index (Phi) is 5.64. The van der Waals surface area contributed by atoms with Gasteiger partial charge in [0.05, 0.1) is 16.4 Å². The second-order valence-corrected chi connectivity index (χ2v) is 5.57. The molecule has 2 rings (SSSR count). The van der Waals surface area contributed by atoms with Crippen LogP contribution in [0.3, 0.4) is 0 Å². The predicted octanol–water partition coefficient (Wildman–Crippen LogP) is 3.74. The minimum Gasteiger partial charge on any atom is -0.323 e. The number of non-ortho nitro benzene ring substituents is 1. The molecule has 0 heterocycles. The molecule has 0 fully saturated rings. The maximum absolute atomic E-state index is 13.4. The fourth-order valence-corrected chi connectivity index (χ4v) is 2.54. The molecule has 120 valence electrons. The van der Waals surface area contributed by atoms with Crippen molar-refractivity contribution in [1.82, 2.24) is 0 Å². The highest BCUT2D eigenvalue weighted by Crippen LogP contribution is 2.18. The van der Waals surface area contributed by atoms with Crippen LogP contribution in [-0.2, 0) is 10.5 Å². The molecule has 0 saturated carbocycles. The van der Waals surface area contributed by atoms with Crippen molar-refractivity contribution in [3.8, 4) is 0 Å². The summed E-state index contributed by atoms with van der Waals surface area (Å²) in [5, 5.41) is 12.8. The van der Waals surface area contributed by atoms with Crippen molar-refractivity contribution in [1.29, 1.82) is 0 Å². The molecule has 1 amide bonds. The first-order chi connectivity index (χ1) is 11.0. The van der Waals surface area contributed by atoms with Crippen molar-refractivity contribution >= 4 is 29.0 Å². The number of nitro benzene ring substituents is 1. The average molecular weight is 338 g/mol. The number of thioether (sulfide) groups is 1. The molecule has 0 radical (unpaired) electrons. The zero-order chi connectivity index (χ0) is 16.8. The summed E-state index contributed by atoms with van der Waals surface area (Å²) < 4.78 is 26.4. The molecule has 2 aromatic rings. The second-order valence-electron chi connectivity index (χ2n) is 4.59. The van der Waals surface area contributed by atoms with Gasteiger partial charge in [-0.3, -0.25) is 14.9 Å². The summed E-state index contributed by atoms with van der Waals surface area (Å²) in [5.41, 5.74) is 0.620. The van der Waals surface area contributed by atoms with Crippen LogP contribution in [0.15, 0.2) is 42.5 Å². The van der Waals surface area contributed by atoms with Crippen LogP contribution in [0.5, 0.6) is 0 Å². The molecule has 0 aliphatic rings. The van der Waals surface area contributed by atoms with E-state index in [0.717, 1.165) is 23.8 Å². The van der Waals surface area contributed by atoms with Gasteiger partial charge in [0, 0.05) is 24.0 Å². The van der Waals surface area contributed by atoms with E-state index in [1.807, 2.05) is 0 Å². The molecule has 23 heavy (non-hydrogen) atoms. The lowest BCUT2D eigenvalue weighted by atomic mass is 10.2. The van der Waals surface area contributed by atoms with E-state index in [1.54, 1.807) is 12.1 Å². The van der Waals surface area contributed by atoms with Crippen LogP contribution in [0, 0.1) is 21.7 Å². The Morgan fingerprint density at radius 3 is 2.52 bits per heavy atom. The summed E-state index contributed by atoms with van der Waals surface area (Å²) in [6.45, 7) is 0. The minimum atomic E-state index is -0.708. The van der Waals surface area contributed by atoms with Gasteiger partial charge in [0.25, 0.3) is 5.69 Å². The van der Waals surface area contributed by atoms with E-state index < -0.39 is 22.5 Å². The Balaban J connectivity index is 1.82. The van der Waals surface area contributed by atoms with Gasteiger partial charge in [-0.15, -0.1) is 11.8 Å². The summed E-state index contributed by atoms with van der Waals surface area (Å²) in [6.07, 6.45) is 0. The predicted molar refractivity (Wildman–Crippen MR) is 84.2 cm³/mol. The number of halogens is 2. The van der Waals surface area contributed by atoms with Crippen LogP contribution < -0.4 is 5.32 Å². The largest absolute Gasteiger partial charge is 0.323 e. The molecule has 1 N–H and O–H groups in total. The normalized spacial score (nSPS) is 10.3. The van der Waals surface area contributed by atoms with E-state index in [0.29, 0.717) is 5.75 Å². The van der Waals surface area contributed by atoms with Crippen LogP contribution >= 0.6 is 11.8 Å². The Bertz CT molecular complexity index is 723. The van der Waals surface area contributed by atoms with Crippen molar-refractivity contribution in [3.05, 3.63) is 69.8 Å². The molecule has 5 nitrogen and oxygen atoms in total. The number of nitrogens with zero attached hydrogens (tertiary/aromatic N) is 1. The van der Waals surface area contributed by atoms with Crippen molar-refractivity contribution in [2.24, 2.45) is 0 Å². The van der Waals surface area contributed by atoms with Gasteiger partial charge in [0.15, 0.2) is 0 Å². The van der Waals surface area contributed by atoms with E-state index in [2.05, 4.69) is 5.32 Å². The van der Waals surface area contributed by atoms with Crippen LogP contribution in [0.25, 0.3) is 0 Å². The first-order valence-corrected chi connectivity index (χ1v) is 7.67. The second kappa shape index (κ2) is 7.68. The topological polar surface area (TPSA) is 72.2 Å². The molecular weight excluding hydrogens is 326 g/mol. The number of benzene rings is 2. The Morgan fingerprint density at radius 2 is 1.87 bits per heavy atom. The van der Waals surface area contributed by atoms with Crippen molar-refractivity contribution in [3.63, 3.8) is 0 Å². The summed E-state index contributed by atoms with van der Waals surface area (Å²) in [4.78, 5) is 21.7. The molecule has 0 atom stereocenters. The fraction of sp³-hybridized carbons (Fsp3) is 0.133. The van der Waals surface area contributed by atoms with Crippen molar-refractivity contribution < 1.29 is 18.5 Å². The smallest absolute Gasteiger partial charge is 0.269 e. The number of carbonyl (C=O) groups excluding carboxylic acids is 1. The number of rotatable bonds is 6. The molecule has 0 aliphatic heterocycles. The van der Waals surface area contributed by atoms with Gasteiger partial charge in [0.2, 0.25) is 5.91 Å². The van der Waals surface area contributed by atoms with Gasteiger partial charge in [-0.2, -0.15) is 0 Å². The van der Waals surface area contributed by atoms with E-state index in [1.165, 1.54) is 23.9 Å². The van der Waals surface area contributed by atoms with E-state index in [-0.39, 0.29) is 17.1 Å². The van der Waals surface area contributed by atoms with Crippen molar-refractivity contribution in [2.45, 2.75) is 5.75 Å². The number of hydrogen-bond donors (Lipinski definition) is 1. The van der Waals surface area contributed by atoms with Gasteiger partial charge >= 0.3 is 0 Å². The SMILES string of the molecule is O=C(CSCc1ccc([N+](=O)[O-])cc1)Nc1cc(F)ccc1F. The maximum atomic E-state index is 13.4. The molecule has 8 heteroatoms. The summed E-state index contributed by atoms with van der Waals surface area (Å²) in [7, 11) is 0. The zero-order valence-electron chi connectivity index (χ0n) is 11.8. The standard InChI is InChI=1S/C15H12F2N2O3S/c16-11-3-6-13(17)14(7-11)18-15(20)9-23-8-10-1-4-12(5-2-10)19(21)22/h1-7H,8-9H2,(H,18,20). The number of amides is 1. The Morgan fingerprint density at radius 1 is 1.17 bits per heavy atom. The Labute approximate surface area is 134 Å². The molecule has 0 saturated heterocycles. The number of nitro groups is 1. The number of nitrogens with one attached hydrogen (secondary N) is 1. The first-order valence-electron chi connectivity index (χ1n) is 6.51. The van der Waals surface area contributed by atoms with Gasteiger partial charge < -0.3 is 5.32 Å². The lowest BCUT2D eigenvalue weighted by molar-refractivity contribution is -0.384. The average Bonchev–Trinajstić information content (AvgIpc) is 2.51. The van der Waals surface area contributed by atoms with Crippen LogP contribution in [-0.4, -0.2) is 16.6 Å². The third kappa shape index (κ3) is 5.03. The molecule has 0 aliphatic carbocycles. The fourth-order valence-electron chi connectivity index (χ4n) is 1.76. The molecular formula is C15H12F2N2O3S. The third-order valence-corrected chi connectivity index (χ3v) is 3.86. The quantitative estimate of drug-likeness (QED) is 0.643. The van der Waals surface area contributed by atoms with Gasteiger partial charge in [0.1, 0.15) is 11.6 Å².